The molecule has 156 valence electrons. The van der Waals surface area contributed by atoms with Gasteiger partial charge in [0.1, 0.15) is 6.04 Å². The molecule has 1 aromatic carbocycles. The van der Waals surface area contributed by atoms with Gasteiger partial charge in [0.2, 0.25) is 15.9 Å². The van der Waals surface area contributed by atoms with Gasteiger partial charge < -0.3 is 10.2 Å². The van der Waals surface area contributed by atoms with Gasteiger partial charge in [-0.25, -0.2) is 8.42 Å². The maximum Gasteiger partial charge on any atom is 0.241 e. The van der Waals surface area contributed by atoms with Gasteiger partial charge in [-0.05, 0) is 62.7 Å². The number of hydrogen-bond donors (Lipinski definition) is 2. The highest BCUT2D eigenvalue weighted by atomic mass is 32.2. The molecular formula is C21H33N3O3S. The monoisotopic (exact) mass is 407 g/mol. The number of piperidine rings is 2. The maximum absolute atomic E-state index is 12.8. The number of fused-ring (bicyclic) bond motifs is 1. The molecule has 3 atom stereocenters. The Labute approximate surface area is 169 Å². The summed E-state index contributed by atoms with van der Waals surface area (Å²) in [5.41, 5.74) is 0. The summed E-state index contributed by atoms with van der Waals surface area (Å²) < 4.78 is 27.9. The minimum absolute atomic E-state index is 0.143. The molecule has 7 heteroatoms. The fourth-order valence-corrected chi connectivity index (χ4v) is 5.85. The summed E-state index contributed by atoms with van der Waals surface area (Å²) >= 11 is 0. The van der Waals surface area contributed by atoms with E-state index in [1.54, 1.807) is 18.2 Å². The molecule has 0 saturated carbocycles. The first-order chi connectivity index (χ1) is 13.4. The number of carbonyl (C=O) groups is 1. The highest BCUT2D eigenvalue weighted by molar-refractivity contribution is 7.89. The lowest BCUT2D eigenvalue weighted by Crippen LogP contribution is -2.54. The van der Waals surface area contributed by atoms with E-state index >= 15 is 0 Å². The van der Waals surface area contributed by atoms with Crippen LogP contribution in [0.5, 0.6) is 0 Å². The summed E-state index contributed by atoms with van der Waals surface area (Å²) in [7, 11) is -3.73. The van der Waals surface area contributed by atoms with Crippen LogP contribution in [0.3, 0.4) is 0 Å². The van der Waals surface area contributed by atoms with Crippen molar-refractivity contribution in [1.82, 2.24) is 14.9 Å². The fraction of sp³-hybridized carbons (Fsp3) is 0.667. The van der Waals surface area contributed by atoms with Crippen LogP contribution in [0, 0.1) is 11.8 Å². The Bertz CT molecular complexity index is 749. The highest BCUT2D eigenvalue weighted by Crippen LogP contribution is 2.30. The predicted molar refractivity (Wildman–Crippen MR) is 110 cm³/mol. The molecule has 2 fully saturated rings. The van der Waals surface area contributed by atoms with Crippen LogP contribution >= 0.6 is 0 Å². The van der Waals surface area contributed by atoms with Crippen LogP contribution in [-0.4, -0.2) is 50.9 Å². The Balaban J connectivity index is 1.62. The van der Waals surface area contributed by atoms with E-state index in [1.807, 2.05) is 13.8 Å². The van der Waals surface area contributed by atoms with Gasteiger partial charge in [0, 0.05) is 12.6 Å². The molecule has 28 heavy (non-hydrogen) atoms. The van der Waals surface area contributed by atoms with E-state index in [9.17, 15) is 13.2 Å². The molecule has 2 aliphatic heterocycles. The standard InChI is InChI=1S/C21H33N3O3S/c1-16(2)20(23-28(26,27)18-10-4-3-5-11-18)21(25)22-15-17-9-8-14-24-13-7-6-12-19(17)24/h3-5,10-11,16-17,19-20,23H,6-9,12-15H2,1-2H3,(H,22,25)/t17-,19+,20+/m0/s1. The quantitative estimate of drug-likeness (QED) is 0.727. The normalized spacial score (nSPS) is 24.5. The second-order valence-electron chi connectivity index (χ2n) is 8.40. The van der Waals surface area contributed by atoms with Crippen molar-refractivity contribution in [2.45, 2.75) is 62.9 Å². The molecule has 2 aliphatic rings. The third-order valence-corrected chi connectivity index (χ3v) is 7.51. The van der Waals surface area contributed by atoms with E-state index < -0.39 is 16.1 Å². The minimum Gasteiger partial charge on any atom is -0.354 e. The average Bonchev–Trinajstić information content (AvgIpc) is 2.70. The van der Waals surface area contributed by atoms with Gasteiger partial charge in [-0.2, -0.15) is 4.72 Å². The Morgan fingerprint density at radius 1 is 1.11 bits per heavy atom. The third kappa shape index (κ3) is 5.13. The van der Waals surface area contributed by atoms with E-state index in [1.165, 1.54) is 50.9 Å². The average molecular weight is 408 g/mol. The van der Waals surface area contributed by atoms with E-state index in [0.29, 0.717) is 18.5 Å². The lowest BCUT2D eigenvalue weighted by atomic mass is 9.83. The van der Waals surface area contributed by atoms with Crippen molar-refractivity contribution in [1.29, 1.82) is 0 Å². The molecule has 0 radical (unpaired) electrons. The Morgan fingerprint density at radius 2 is 1.82 bits per heavy atom. The van der Waals surface area contributed by atoms with E-state index in [0.717, 1.165) is 6.42 Å². The molecule has 2 saturated heterocycles. The molecule has 0 aliphatic carbocycles. The summed E-state index contributed by atoms with van der Waals surface area (Å²) in [5.74, 6) is 0.0787. The summed E-state index contributed by atoms with van der Waals surface area (Å²) in [6, 6.07) is 7.98. The molecule has 0 bridgehead atoms. The first-order valence-corrected chi connectivity index (χ1v) is 12.0. The lowest BCUT2D eigenvalue weighted by Gasteiger charge is -2.44. The lowest BCUT2D eigenvalue weighted by molar-refractivity contribution is -0.124. The SMILES string of the molecule is CC(C)[C@@H](NS(=O)(=O)c1ccccc1)C(=O)NC[C@@H]1CCCN2CCCC[C@H]12. The molecular weight excluding hydrogens is 374 g/mol. The van der Waals surface area contributed by atoms with Crippen LogP contribution in [0.15, 0.2) is 35.2 Å². The van der Waals surface area contributed by atoms with Gasteiger partial charge in [0.25, 0.3) is 0 Å². The van der Waals surface area contributed by atoms with Crippen LogP contribution in [0.2, 0.25) is 0 Å². The van der Waals surface area contributed by atoms with E-state index in [2.05, 4.69) is 14.9 Å². The van der Waals surface area contributed by atoms with E-state index in [-0.39, 0.29) is 16.7 Å². The topological polar surface area (TPSA) is 78.5 Å². The van der Waals surface area contributed by atoms with Crippen molar-refractivity contribution in [3.63, 3.8) is 0 Å². The van der Waals surface area contributed by atoms with Gasteiger partial charge in [-0.15, -0.1) is 0 Å². The summed E-state index contributed by atoms with van der Waals surface area (Å²) in [4.78, 5) is 15.6. The Kier molecular flexibility index (Phi) is 7.12. The zero-order chi connectivity index (χ0) is 20.1. The molecule has 2 heterocycles. The first-order valence-electron chi connectivity index (χ1n) is 10.5. The van der Waals surface area contributed by atoms with Crippen LogP contribution in [0.1, 0.15) is 46.0 Å². The third-order valence-electron chi connectivity index (χ3n) is 6.05. The van der Waals surface area contributed by atoms with Crippen molar-refractivity contribution in [2.75, 3.05) is 19.6 Å². The Morgan fingerprint density at radius 3 is 2.54 bits per heavy atom. The summed E-state index contributed by atoms with van der Waals surface area (Å²) in [6.45, 7) is 6.68. The number of benzene rings is 1. The molecule has 1 aromatic rings. The highest BCUT2D eigenvalue weighted by Gasteiger charge is 2.34. The first kappa shape index (κ1) is 21.3. The maximum atomic E-state index is 12.8. The number of rotatable bonds is 7. The van der Waals surface area contributed by atoms with Gasteiger partial charge in [0.05, 0.1) is 4.90 Å². The Hall–Kier alpha value is -1.44. The molecule has 0 aromatic heterocycles. The summed E-state index contributed by atoms with van der Waals surface area (Å²) in [6.07, 6.45) is 6.03. The van der Waals surface area contributed by atoms with E-state index in [4.69, 9.17) is 0 Å². The number of sulfonamides is 1. The number of hydrogen-bond acceptors (Lipinski definition) is 4. The van der Waals surface area contributed by atoms with Crippen molar-refractivity contribution < 1.29 is 13.2 Å². The van der Waals surface area contributed by atoms with Gasteiger partial charge in [-0.1, -0.05) is 38.5 Å². The molecule has 1 amide bonds. The molecule has 0 spiro atoms. The predicted octanol–water partition coefficient (Wildman–Crippen LogP) is 2.37. The number of amides is 1. The molecule has 0 unspecified atom stereocenters. The van der Waals surface area contributed by atoms with Crippen LogP contribution < -0.4 is 10.0 Å². The van der Waals surface area contributed by atoms with Crippen LogP contribution in [-0.2, 0) is 14.8 Å². The molecule has 2 N–H and O–H groups in total. The zero-order valence-corrected chi connectivity index (χ0v) is 17.7. The van der Waals surface area contributed by atoms with Crippen molar-refractivity contribution >= 4 is 15.9 Å². The zero-order valence-electron chi connectivity index (χ0n) is 16.9. The van der Waals surface area contributed by atoms with Crippen LogP contribution in [0.25, 0.3) is 0 Å². The minimum atomic E-state index is -3.73. The van der Waals surface area contributed by atoms with Crippen molar-refractivity contribution in [2.24, 2.45) is 11.8 Å². The fourth-order valence-electron chi connectivity index (χ4n) is 4.48. The second kappa shape index (κ2) is 9.37. The van der Waals surface area contributed by atoms with Crippen molar-refractivity contribution in [3.05, 3.63) is 30.3 Å². The van der Waals surface area contributed by atoms with Crippen molar-refractivity contribution in [3.8, 4) is 0 Å². The number of nitrogens with one attached hydrogen (secondary N) is 2. The van der Waals surface area contributed by atoms with Gasteiger partial charge in [-0.3, -0.25) is 4.79 Å². The smallest absolute Gasteiger partial charge is 0.241 e. The summed E-state index contributed by atoms with van der Waals surface area (Å²) in [5, 5.41) is 3.05. The molecule has 3 rings (SSSR count). The largest absolute Gasteiger partial charge is 0.354 e. The van der Waals surface area contributed by atoms with Gasteiger partial charge in [0.15, 0.2) is 0 Å². The number of nitrogens with zero attached hydrogens (tertiary/aromatic N) is 1. The van der Waals surface area contributed by atoms with Crippen LogP contribution in [0.4, 0.5) is 0 Å². The number of carbonyl (C=O) groups excluding carboxylic acids is 1. The second-order valence-corrected chi connectivity index (χ2v) is 10.1. The molecule has 6 nitrogen and oxygen atoms in total. The van der Waals surface area contributed by atoms with Gasteiger partial charge >= 0.3 is 0 Å².